The second-order valence-electron chi connectivity index (χ2n) is 21.3. The molecule has 74 heavy (non-hydrogen) atoms. The SMILES string of the molecule is CC/C=C\C/C=C\C/C=C\C/C=C\C/C=C\CCCCCCCCCCCCCCCC(=O)OCC(COC(=O)CCCCCCCCCCCC)OC(=O)CCCCCCCCC/C=C\CCCCCCCC. The molecule has 0 aliphatic heterocycles. The predicted molar refractivity (Wildman–Crippen MR) is 321 cm³/mol. The summed E-state index contributed by atoms with van der Waals surface area (Å²) in [5, 5.41) is 0. The molecular formula is C68H120O6. The van der Waals surface area contributed by atoms with E-state index in [1.807, 2.05) is 0 Å². The van der Waals surface area contributed by atoms with Crippen molar-refractivity contribution >= 4 is 17.9 Å². The van der Waals surface area contributed by atoms with E-state index in [9.17, 15) is 14.4 Å². The van der Waals surface area contributed by atoms with Gasteiger partial charge in [0.1, 0.15) is 13.2 Å². The smallest absolute Gasteiger partial charge is 0.306 e. The standard InChI is InChI=1S/C68H120O6/c1-4-7-10-13-16-19-22-24-26-28-29-30-31-32-33-34-35-36-37-38-39-41-42-44-46-49-52-55-58-61-67(70)73-64-65(63-72-66(69)60-57-54-51-48-21-18-15-12-9-6-3)74-68(71)62-59-56-53-50-47-45-43-40-27-25-23-20-17-14-11-8-5-2/h7,10,16,19,24-27,29-30,32-33,65H,4-6,8-9,11-15,17-18,20-23,28,31,34-64H2,1-3H3/b10-7-,19-16-,26-24-,27-25-,30-29-,33-32-. The molecule has 0 heterocycles. The Bertz CT molecular complexity index is 1370. The molecule has 0 aromatic heterocycles. The Morgan fingerprint density at radius 3 is 0.838 bits per heavy atom. The van der Waals surface area contributed by atoms with Gasteiger partial charge in [-0.1, -0.05) is 286 Å². The fraction of sp³-hybridized carbons (Fsp3) is 0.779. The molecule has 1 unspecified atom stereocenters. The molecule has 0 aromatic carbocycles. The van der Waals surface area contributed by atoms with Crippen LogP contribution in [0, 0.1) is 0 Å². The van der Waals surface area contributed by atoms with E-state index in [1.54, 1.807) is 0 Å². The number of carbonyl (C=O) groups excluding carboxylic acids is 3. The van der Waals surface area contributed by atoms with Crippen LogP contribution in [0.4, 0.5) is 0 Å². The van der Waals surface area contributed by atoms with Crippen LogP contribution in [-0.4, -0.2) is 37.2 Å². The number of hydrogen-bond donors (Lipinski definition) is 0. The van der Waals surface area contributed by atoms with Gasteiger partial charge in [-0.2, -0.15) is 0 Å². The molecule has 0 N–H and O–H groups in total. The van der Waals surface area contributed by atoms with Crippen molar-refractivity contribution in [2.24, 2.45) is 0 Å². The van der Waals surface area contributed by atoms with Crippen LogP contribution < -0.4 is 0 Å². The molecule has 0 radical (unpaired) electrons. The lowest BCUT2D eigenvalue weighted by atomic mass is 10.0. The van der Waals surface area contributed by atoms with Gasteiger partial charge in [0.15, 0.2) is 6.10 Å². The van der Waals surface area contributed by atoms with Gasteiger partial charge >= 0.3 is 17.9 Å². The highest BCUT2D eigenvalue weighted by atomic mass is 16.6. The lowest BCUT2D eigenvalue weighted by Gasteiger charge is -2.18. The second kappa shape index (κ2) is 62.4. The largest absolute Gasteiger partial charge is 0.462 e. The fourth-order valence-electron chi connectivity index (χ4n) is 9.17. The van der Waals surface area contributed by atoms with Gasteiger partial charge in [0, 0.05) is 19.3 Å². The molecule has 0 amide bonds. The number of hydrogen-bond acceptors (Lipinski definition) is 6. The average molecular weight is 1030 g/mol. The van der Waals surface area contributed by atoms with Crippen LogP contribution in [-0.2, 0) is 28.6 Å². The first-order valence-corrected chi connectivity index (χ1v) is 31.9. The first-order valence-electron chi connectivity index (χ1n) is 31.9. The molecule has 0 spiro atoms. The van der Waals surface area contributed by atoms with E-state index < -0.39 is 6.10 Å². The maximum absolute atomic E-state index is 12.9. The third-order valence-corrected chi connectivity index (χ3v) is 13.9. The molecule has 0 aromatic rings. The molecule has 0 bridgehead atoms. The minimum absolute atomic E-state index is 0.0731. The highest BCUT2D eigenvalue weighted by Gasteiger charge is 2.19. The first kappa shape index (κ1) is 70.8. The molecule has 6 heteroatoms. The number of ether oxygens (including phenoxy) is 3. The van der Waals surface area contributed by atoms with Crippen LogP contribution in [0.2, 0.25) is 0 Å². The number of unbranched alkanes of at least 4 members (excludes halogenated alkanes) is 35. The second-order valence-corrected chi connectivity index (χ2v) is 21.3. The van der Waals surface area contributed by atoms with Crippen molar-refractivity contribution < 1.29 is 28.6 Å². The normalized spacial score (nSPS) is 12.5. The summed E-state index contributed by atoms with van der Waals surface area (Å²) in [5.74, 6) is -0.866. The van der Waals surface area contributed by atoms with Gasteiger partial charge in [0.25, 0.3) is 0 Å². The van der Waals surface area contributed by atoms with Crippen molar-refractivity contribution in [3.05, 3.63) is 72.9 Å². The molecule has 0 saturated heterocycles. The summed E-state index contributed by atoms with van der Waals surface area (Å²) in [6.45, 7) is 6.54. The van der Waals surface area contributed by atoms with E-state index in [0.29, 0.717) is 19.3 Å². The Morgan fingerprint density at radius 2 is 0.527 bits per heavy atom. The number of carbonyl (C=O) groups is 3. The zero-order valence-electron chi connectivity index (χ0n) is 49.1. The molecular weight excluding hydrogens is 913 g/mol. The van der Waals surface area contributed by atoms with E-state index in [4.69, 9.17) is 14.2 Å². The van der Waals surface area contributed by atoms with Gasteiger partial charge in [0.05, 0.1) is 0 Å². The third-order valence-electron chi connectivity index (χ3n) is 13.9. The van der Waals surface area contributed by atoms with E-state index in [1.165, 1.54) is 193 Å². The van der Waals surface area contributed by atoms with Crippen molar-refractivity contribution in [1.29, 1.82) is 0 Å². The van der Waals surface area contributed by atoms with Gasteiger partial charge in [-0.15, -0.1) is 0 Å². The highest BCUT2D eigenvalue weighted by molar-refractivity contribution is 5.71. The average Bonchev–Trinajstić information content (AvgIpc) is 3.40. The third kappa shape index (κ3) is 59.7. The molecule has 0 rings (SSSR count). The lowest BCUT2D eigenvalue weighted by molar-refractivity contribution is -0.167. The highest BCUT2D eigenvalue weighted by Crippen LogP contribution is 2.17. The molecule has 1 atom stereocenters. The maximum Gasteiger partial charge on any atom is 0.306 e. The van der Waals surface area contributed by atoms with Crippen molar-refractivity contribution in [1.82, 2.24) is 0 Å². The topological polar surface area (TPSA) is 78.9 Å². The first-order chi connectivity index (χ1) is 36.5. The summed E-state index contributed by atoms with van der Waals surface area (Å²) >= 11 is 0. The minimum atomic E-state index is -0.775. The Hall–Kier alpha value is -3.15. The molecule has 6 nitrogen and oxygen atoms in total. The fourth-order valence-corrected chi connectivity index (χ4v) is 9.17. The van der Waals surface area contributed by atoms with Gasteiger partial charge in [-0.05, 0) is 89.9 Å². The summed E-state index contributed by atoms with van der Waals surface area (Å²) in [5.41, 5.74) is 0. The van der Waals surface area contributed by atoms with Gasteiger partial charge < -0.3 is 14.2 Å². The minimum Gasteiger partial charge on any atom is -0.462 e. The van der Waals surface area contributed by atoms with E-state index in [0.717, 1.165) is 89.9 Å². The zero-order chi connectivity index (χ0) is 53.6. The van der Waals surface area contributed by atoms with Crippen LogP contribution in [0.15, 0.2) is 72.9 Å². The summed E-state index contributed by atoms with van der Waals surface area (Å²) < 4.78 is 16.9. The molecule has 0 saturated carbocycles. The summed E-state index contributed by atoms with van der Waals surface area (Å²) in [6.07, 6.45) is 80.6. The van der Waals surface area contributed by atoms with Crippen LogP contribution in [0.5, 0.6) is 0 Å². The summed E-state index contributed by atoms with van der Waals surface area (Å²) in [4.78, 5) is 38.2. The predicted octanol–water partition coefficient (Wildman–Crippen LogP) is 21.7. The quantitative estimate of drug-likeness (QED) is 0.0261. The zero-order valence-corrected chi connectivity index (χ0v) is 49.1. The van der Waals surface area contributed by atoms with Crippen molar-refractivity contribution in [2.75, 3.05) is 13.2 Å². The van der Waals surface area contributed by atoms with E-state index >= 15 is 0 Å². The van der Waals surface area contributed by atoms with Crippen molar-refractivity contribution in [3.63, 3.8) is 0 Å². The molecule has 428 valence electrons. The summed E-state index contributed by atoms with van der Waals surface area (Å²) in [7, 11) is 0. The van der Waals surface area contributed by atoms with Gasteiger partial charge in [-0.3, -0.25) is 14.4 Å². The van der Waals surface area contributed by atoms with Gasteiger partial charge in [-0.25, -0.2) is 0 Å². The Morgan fingerprint density at radius 1 is 0.284 bits per heavy atom. The Kier molecular flexibility index (Phi) is 59.7. The lowest BCUT2D eigenvalue weighted by Crippen LogP contribution is -2.30. The molecule has 0 fully saturated rings. The summed E-state index contributed by atoms with van der Waals surface area (Å²) in [6, 6.07) is 0. The van der Waals surface area contributed by atoms with Crippen LogP contribution >= 0.6 is 0 Å². The van der Waals surface area contributed by atoms with Crippen LogP contribution in [0.25, 0.3) is 0 Å². The maximum atomic E-state index is 12.9. The Labute approximate surface area is 459 Å². The van der Waals surface area contributed by atoms with Crippen molar-refractivity contribution in [2.45, 2.75) is 329 Å². The van der Waals surface area contributed by atoms with E-state index in [2.05, 4.69) is 93.7 Å². The molecule has 0 aliphatic rings. The van der Waals surface area contributed by atoms with Crippen LogP contribution in [0.3, 0.4) is 0 Å². The number of allylic oxidation sites excluding steroid dienone is 12. The van der Waals surface area contributed by atoms with Crippen molar-refractivity contribution in [3.8, 4) is 0 Å². The van der Waals surface area contributed by atoms with Gasteiger partial charge in [0.2, 0.25) is 0 Å². The monoisotopic (exact) mass is 1030 g/mol. The Balaban J connectivity index is 4.18. The molecule has 0 aliphatic carbocycles. The number of esters is 3. The van der Waals surface area contributed by atoms with E-state index in [-0.39, 0.29) is 31.1 Å². The van der Waals surface area contributed by atoms with Crippen LogP contribution in [0.1, 0.15) is 323 Å². The number of rotatable bonds is 58.